The van der Waals surface area contributed by atoms with Crippen LogP contribution in [0.1, 0.15) is 41.5 Å². The van der Waals surface area contributed by atoms with E-state index in [1.165, 1.54) is 5.56 Å². The topological polar surface area (TPSA) is 48.8 Å². The maximum absolute atomic E-state index is 8.72. The Morgan fingerprint density at radius 1 is 1.00 bits per heavy atom. The minimum absolute atomic E-state index is 0.0785. The second-order valence-corrected chi connectivity index (χ2v) is 5.97. The normalized spacial score (nSPS) is 20.5. The maximum Gasteiger partial charge on any atom is 0.0628 e. The van der Waals surface area contributed by atoms with Crippen molar-refractivity contribution < 1.29 is 0 Å². The van der Waals surface area contributed by atoms with Gasteiger partial charge < -0.3 is 0 Å². The lowest BCUT2D eigenvalue weighted by Gasteiger charge is -2.29. The fraction of sp³-hybridized carbons (Fsp3) is 0.250. The third-order valence-corrected chi connectivity index (χ3v) is 4.74. The highest BCUT2D eigenvalue weighted by molar-refractivity contribution is 6.42. The van der Waals surface area contributed by atoms with Gasteiger partial charge in [0.25, 0.3) is 0 Å². The van der Waals surface area contributed by atoms with Crippen LogP contribution >= 0.6 is 23.2 Å². The van der Waals surface area contributed by atoms with Crippen molar-refractivity contribution in [2.24, 2.45) is 5.11 Å². The van der Waals surface area contributed by atoms with Crippen molar-refractivity contribution in [2.45, 2.75) is 24.8 Å². The van der Waals surface area contributed by atoms with E-state index in [2.05, 4.69) is 16.1 Å². The summed E-state index contributed by atoms with van der Waals surface area (Å²) in [7, 11) is 0. The Morgan fingerprint density at radius 2 is 1.76 bits per heavy atom. The van der Waals surface area contributed by atoms with Crippen molar-refractivity contribution in [2.75, 3.05) is 0 Å². The molecule has 0 radical (unpaired) electrons. The van der Waals surface area contributed by atoms with Crippen molar-refractivity contribution in [3.05, 3.63) is 79.6 Å². The molecule has 21 heavy (non-hydrogen) atoms. The van der Waals surface area contributed by atoms with Crippen molar-refractivity contribution >= 4 is 23.2 Å². The van der Waals surface area contributed by atoms with E-state index in [0.29, 0.717) is 10.0 Å². The number of nitrogens with zero attached hydrogens (tertiary/aromatic N) is 3. The van der Waals surface area contributed by atoms with Gasteiger partial charge >= 0.3 is 0 Å². The number of azide groups is 1. The molecule has 3 nitrogen and oxygen atoms in total. The first-order valence-electron chi connectivity index (χ1n) is 6.78. The van der Waals surface area contributed by atoms with Crippen molar-refractivity contribution in [3.8, 4) is 0 Å². The number of rotatable bonds is 2. The minimum atomic E-state index is -0.0785. The molecule has 0 aromatic heterocycles. The van der Waals surface area contributed by atoms with Gasteiger partial charge in [-0.3, -0.25) is 0 Å². The first-order chi connectivity index (χ1) is 10.2. The van der Waals surface area contributed by atoms with Crippen LogP contribution in [0.25, 0.3) is 10.4 Å². The van der Waals surface area contributed by atoms with E-state index < -0.39 is 0 Å². The average molecular weight is 318 g/mol. The highest BCUT2D eigenvalue weighted by Crippen LogP contribution is 2.43. The lowest BCUT2D eigenvalue weighted by molar-refractivity contribution is 0.528. The summed E-state index contributed by atoms with van der Waals surface area (Å²) < 4.78 is 0. The van der Waals surface area contributed by atoms with Gasteiger partial charge in [-0.25, -0.2) is 0 Å². The van der Waals surface area contributed by atoms with Gasteiger partial charge in [0.2, 0.25) is 0 Å². The van der Waals surface area contributed by atoms with Crippen molar-refractivity contribution in [3.63, 3.8) is 0 Å². The molecule has 3 rings (SSSR count). The Morgan fingerprint density at radius 3 is 2.48 bits per heavy atom. The molecule has 0 aliphatic heterocycles. The Hall–Kier alpha value is -1.67. The Labute approximate surface area is 133 Å². The molecule has 2 aromatic carbocycles. The number of hydrogen-bond donors (Lipinski definition) is 0. The van der Waals surface area contributed by atoms with Crippen LogP contribution in [-0.2, 0) is 0 Å². The Kier molecular flexibility index (Phi) is 4.07. The lowest BCUT2D eigenvalue weighted by Crippen LogP contribution is -2.14. The summed E-state index contributed by atoms with van der Waals surface area (Å²) in [5.41, 5.74) is 12.2. The molecule has 2 aromatic rings. The van der Waals surface area contributed by atoms with Gasteiger partial charge in [-0.2, -0.15) is 0 Å². The van der Waals surface area contributed by atoms with Crippen LogP contribution < -0.4 is 0 Å². The number of halogens is 2. The summed E-state index contributed by atoms with van der Waals surface area (Å²) in [4.78, 5) is 2.97. The van der Waals surface area contributed by atoms with E-state index in [-0.39, 0.29) is 12.0 Å². The van der Waals surface area contributed by atoms with Gasteiger partial charge in [-0.05, 0) is 47.2 Å². The third kappa shape index (κ3) is 2.73. The van der Waals surface area contributed by atoms with Gasteiger partial charge in [-0.1, -0.05) is 58.6 Å². The average Bonchev–Trinajstić information content (AvgIpc) is 2.51. The van der Waals surface area contributed by atoms with E-state index in [0.717, 1.165) is 24.0 Å². The summed E-state index contributed by atoms with van der Waals surface area (Å²) in [5, 5.41) is 5.06. The van der Waals surface area contributed by atoms with Crippen LogP contribution in [-0.4, -0.2) is 0 Å². The quantitative estimate of drug-likeness (QED) is 0.356. The van der Waals surface area contributed by atoms with Crippen molar-refractivity contribution in [1.29, 1.82) is 0 Å². The maximum atomic E-state index is 8.72. The first-order valence-corrected chi connectivity index (χ1v) is 7.54. The van der Waals surface area contributed by atoms with Crippen LogP contribution in [0.5, 0.6) is 0 Å². The molecule has 0 saturated heterocycles. The molecule has 0 fully saturated rings. The molecule has 0 amide bonds. The van der Waals surface area contributed by atoms with Gasteiger partial charge in [0.1, 0.15) is 0 Å². The third-order valence-electron chi connectivity index (χ3n) is 4.00. The summed E-state index contributed by atoms with van der Waals surface area (Å²) in [5.74, 6) is 0.265. The Balaban J connectivity index is 2.06. The molecular weight excluding hydrogens is 305 g/mol. The number of hydrogen-bond acceptors (Lipinski definition) is 1. The zero-order valence-electron chi connectivity index (χ0n) is 11.2. The highest BCUT2D eigenvalue weighted by atomic mass is 35.5. The number of benzene rings is 2. The van der Waals surface area contributed by atoms with Crippen LogP contribution in [0.15, 0.2) is 47.6 Å². The van der Waals surface area contributed by atoms with Crippen LogP contribution in [0.3, 0.4) is 0 Å². The van der Waals surface area contributed by atoms with Gasteiger partial charge in [0.15, 0.2) is 0 Å². The molecule has 0 bridgehead atoms. The van der Waals surface area contributed by atoms with E-state index in [1.54, 1.807) is 0 Å². The smallest absolute Gasteiger partial charge is 0.0628 e. The zero-order chi connectivity index (χ0) is 14.8. The largest absolute Gasteiger partial charge is 0.0859 e. The summed E-state index contributed by atoms with van der Waals surface area (Å²) in [6, 6.07) is 13.8. The second kappa shape index (κ2) is 5.98. The van der Waals surface area contributed by atoms with E-state index in [9.17, 15) is 0 Å². The predicted molar refractivity (Wildman–Crippen MR) is 85.9 cm³/mol. The molecular formula is C16H13Cl2N3. The van der Waals surface area contributed by atoms with E-state index in [1.807, 2.05) is 36.4 Å². The van der Waals surface area contributed by atoms with Crippen molar-refractivity contribution in [1.82, 2.24) is 0 Å². The lowest BCUT2D eigenvalue weighted by atomic mass is 9.77. The molecule has 1 aliphatic rings. The van der Waals surface area contributed by atoms with Crippen LogP contribution in [0, 0.1) is 0 Å². The zero-order valence-corrected chi connectivity index (χ0v) is 12.7. The fourth-order valence-corrected chi connectivity index (χ4v) is 3.33. The highest BCUT2D eigenvalue weighted by Gasteiger charge is 2.27. The van der Waals surface area contributed by atoms with E-state index >= 15 is 0 Å². The molecule has 106 valence electrons. The van der Waals surface area contributed by atoms with Crippen LogP contribution in [0.4, 0.5) is 0 Å². The van der Waals surface area contributed by atoms with E-state index in [4.69, 9.17) is 28.7 Å². The SMILES string of the molecule is [N-]=[N+]=NC1CCC(c2ccc(Cl)c(Cl)c2)c2ccccc21. The predicted octanol–water partition coefficient (Wildman–Crippen LogP) is 6.27. The molecule has 1 aliphatic carbocycles. The molecule has 5 heteroatoms. The van der Waals surface area contributed by atoms with Gasteiger partial charge in [0.05, 0.1) is 16.1 Å². The summed E-state index contributed by atoms with van der Waals surface area (Å²) >= 11 is 12.1. The molecule has 0 heterocycles. The fourth-order valence-electron chi connectivity index (χ4n) is 3.02. The molecule has 0 spiro atoms. The molecule has 2 unspecified atom stereocenters. The monoisotopic (exact) mass is 317 g/mol. The van der Waals surface area contributed by atoms with Crippen LogP contribution in [0.2, 0.25) is 10.0 Å². The first kappa shape index (κ1) is 14.3. The summed E-state index contributed by atoms with van der Waals surface area (Å²) in [6.07, 6.45) is 1.77. The molecule has 0 saturated carbocycles. The second-order valence-electron chi connectivity index (χ2n) is 5.15. The molecule has 0 N–H and O–H groups in total. The van der Waals surface area contributed by atoms with Gasteiger partial charge in [-0.15, -0.1) is 0 Å². The van der Waals surface area contributed by atoms with Gasteiger partial charge in [0, 0.05) is 10.8 Å². The minimum Gasteiger partial charge on any atom is -0.0859 e. The number of fused-ring (bicyclic) bond motifs is 1. The Bertz CT molecular complexity index is 723. The molecule has 2 atom stereocenters. The summed E-state index contributed by atoms with van der Waals surface area (Å²) in [6.45, 7) is 0. The standard InChI is InChI=1S/C16H13Cl2N3/c17-14-7-5-10(9-15(14)18)11-6-8-16(20-21-19)13-4-2-1-3-12(11)13/h1-5,7,9,11,16H,6,8H2.